The Morgan fingerprint density at radius 1 is 1.39 bits per heavy atom. The number of rotatable bonds is 6. The highest BCUT2D eigenvalue weighted by molar-refractivity contribution is 7.80. The quantitative estimate of drug-likeness (QED) is 0.556. The van der Waals surface area contributed by atoms with Crippen molar-refractivity contribution < 1.29 is 4.74 Å². The molecular weight excluding hydrogens is 246 g/mol. The molecule has 0 amide bonds. The van der Waals surface area contributed by atoms with E-state index < -0.39 is 0 Å². The van der Waals surface area contributed by atoms with Crippen LogP contribution in [-0.2, 0) is 4.74 Å². The van der Waals surface area contributed by atoms with Crippen LogP contribution in [0.25, 0.3) is 0 Å². The molecule has 4 nitrogen and oxygen atoms in total. The monoisotopic (exact) mass is 271 g/mol. The zero-order chi connectivity index (χ0) is 12.8. The van der Waals surface area contributed by atoms with E-state index in [1.165, 1.54) is 25.9 Å². The molecule has 3 aliphatic heterocycles. The molecule has 3 fully saturated rings. The van der Waals surface area contributed by atoms with Crippen LogP contribution in [0.3, 0.4) is 0 Å². The van der Waals surface area contributed by atoms with Gasteiger partial charge in [-0.3, -0.25) is 0 Å². The highest BCUT2D eigenvalue weighted by Gasteiger charge is 2.34. The highest BCUT2D eigenvalue weighted by atomic mass is 32.1. The zero-order valence-corrected chi connectivity index (χ0v) is 12.1. The Balaban J connectivity index is 1.59. The summed E-state index contributed by atoms with van der Waals surface area (Å²) < 4.78 is 5.30. The minimum atomic E-state index is 0.555. The van der Waals surface area contributed by atoms with E-state index in [1.807, 2.05) is 6.92 Å². The predicted molar refractivity (Wildman–Crippen MR) is 77.8 cm³/mol. The first-order valence-corrected chi connectivity index (χ1v) is 7.55. The van der Waals surface area contributed by atoms with E-state index >= 15 is 0 Å². The van der Waals surface area contributed by atoms with Gasteiger partial charge in [-0.1, -0.05) is 0 Å². The lowest BCUT2D eigenvalue weighted by molar-refractivity contribution is 0.0811. The van der Waals surface area contributed by atoms with Gasteiger partial charge in [0.15, 0.2) is 5.11 Å². The van der Waals surface area contributed by atoms with Crippen molar-refractivity contribution in [3.63, 3.8) is 0 Å². The Bertz CT molecular complexity index is 267. The van der Waals surface area contributed by atoms with Gasteiger partial charge in [-0.25, -0.2) is 0 Å². The summed E-state index contributed by atoms with van der Waals surface area (Å²) in [5.74, 6) is 0.818. The molecule has 5 heteroatoms. The fourth-order valence-electron chi connectivity index (χ4n) is 2.87. The normalized spacial score (nSPS) is 30.2. The van der Waals surface area contributed by atoms with Crippen molar-refractivity contribution in [3.05, 3.63) is 0 Å². The maximum absolute atomic E-state index is 5.35. The molecule has 0 aromatic heterocycles. The van der Waals surface area contributed by atoms with Crippen LogP contribution in [0.15, 0.2) is 0 Å². The van der Waals surface area contributed by atoms with Crippen molar-refractivity contribution >= 4 is 17.3 Å². The van der Waals surface area contributed by atoms with Crippen LogP contribution in [0.4, 0.5) is 0 Å². The summed E-state index contributed by atoms with van der Waals surface area (Å²) in [5.41, 5.74) is 0. The molecule has 18 heavy (non-hydrogen) atoms. The number of nitrogens with zero attached hydrogens (tertiary/aromatic N) is 1. The van der Waals surface area contributed by atoms with Gasteiger partial charge in [-0.05, 0) is 57.4 Å². The lowest BCUT2D eigenvalue weighted by Gasteiger charge is -2.45. The average molecular weight is 271 g/mol. The van der Waals surface area contributed by atoms with E-state index in [-0.39, 0.29) is 0 Å². The number of hydrogen-bond acceptors (Lipinski definition) is 3. The van der Waals surface area contributed by atoms with Crippen LogP contribution in [0.1, 0.15) is 26.2 Å². The fraction of sp³-hybridized carbons (Fsp3) is 0.923. The molecule has 3 heterocycles. The number of fused-ring (bicyclic) bond motifs is 3. The summed E-state index contributed by atoms with van der Waals surface area (Å²) >= 11 is 5.35. The van der Waals surface area contributed by atoms with E-state index in [4.69, 9.17) is 17.0 Å². The van der Waals surface area contributed by atoms with E-state index in [1.54, 1.807) is 0 Å². The molecule has 104 valence electrons. The number of nitrogens with one attached hydrogen (secondary N) is 2. The summed E-state index contributed by atoms with van der Waals surface area (Å²) in [6, 6.07) is 0.555. The lowest BCUT2D eigenvalue weighted by Crippen LogP contribution is -2.58. The molecule has 3 saturated heterocycles. The first kappa shape index (κ1) is 14.0. The molecule has 0 aliphatic carbocycles. The van der Waals surface area contributed by atoms with Crippen LogP contribution < -0.4 is 10.6 Å². The topological polar surface area (TPSA) is 36.5 Å². The zero-order valence-electron chi connectivity index (χ0n) is 11.3. The molecular formula is C13H25N3OS. The molecule has 0 spiro atoms. The largest absolute Gasteiger partial charge is 0.382 e. The third kappa shape index (κ3) is 4.07. The fourth-order valence-corrected chi connectivity index (χ4v) is 3.12. The molecule has 2 N–H and O–H groups in total. The molecule has 0 radical (unpaired) electrons. The van der Waals surface area contributed by atoms with Gasteiger partial charge in [0, 0.05) is 32.3 Å². The predicted octanol–water partition coefficient (Wildman–Crippen LogP) is 0.971. The van der Waals surface area contributed by atoms with Crippen molar-refractivity contribution in [1.82, 2.24) is 15.5 Å². The summed E-state index contributed by atoms with van der Waals surface area (Å²) in [5, 5.41) is 7.56. The summed E-state index contributed by atoms with van der Waals surface area (Å²) in [4.78, 5) is 2.54. The van der Waals surface area contributed by atoms with Gasteiger partial charge in [-0.15, -0.1) is 0 Å². The second kappa shape index (κ2) is 7.26. The maximum Gasteiger partial charge on any atom is 0.166 e. The van der Waals surface area contributed by atoms with Gasteiger partial charge in [0.05, 0.1) is 0 Å². The Morgan fingerprint density at radius 3 is 2.78 bits per heavy atom. The van der Waals surface area contributed by atoms with Crippen molar-refractivity contribution in [2.75, 3.05) is 39.4 Å². The number of ether oxygens (including phenoxy) is 1. The molecule has 1 unspecified atom stereocenters. The number of piperidine rings is 3. The van der Waals surface area contributed by atoms with Gasteiger partial charge in [0.1, 0.15) is 0 Å². The standard InChI is InChI=1S/C13H25N3OS/c1-2-17-9-3-6-14-13(18)15-12-10-16-7-4-11(12)5-8-16/h11-12H,2-10H2,1H3,(H2,14,15,18). The molecule has 3 rings (SSSR count). The van der Waals surface area contributed by atoms with Crippen molar-refractivity contribution in [1.29, 1.82) is 0 Å². The van der Waals surface area contributed by atoms with Crippen molar-refractivity contribution in [3.8, 4) is 0 Å². The number of hydrogen-bond donors (Lipinski definition) is 2. The molecule has 0 aromatic carbocycles. The van der Waals surface area contributed by atoms with Gasteiger partial charge in [0.2, 0.25) is 0 Å². The Labute approximate surface area is 115 Å². The lowest BCUT2D eigenvalue weighted by atomic mass is 9.84. The summed E-state index contributed by atoms with van der Waals surface area (Å²) in [6.45, 7) is 8.23. The van der Waals surface area contributed by atoms with E-state index in [9.17, 15) is 0 Å². The Hall–Kier alpha value is -0.390. The molecule has 1 atom stereocenters. The molecule has 0 aromatic rings. The van der Waals surface area contributed by atoms with E-state index in [0.717, 1.165) is 43.8 Å². The first-order valence-electron chi connectivity index (χ1n) is 7.14. The molecule has 0 saturated carbocycles. The van der Waals surface area contributed by atoms with Crippen LogP contribution in [0.5, 0.6) is 0 Å². The van der Waals surface area contributed by atoms with Crippen molar-refractivity contribution in [2.24, 2.45) is 5.92 Å². The van der Waals surface area contributed by atoms with E-state index in [2.05, 4.69) is 15.5 Å². The van der Waals surface area contributed by atoms with Crippen LogP contribution >= 0.6 is 12.2 Å². The third-order valence-corrected chi connectivity index (χ3v) is 4.19. The van der Waals surface area contributed by atoms with Gasteiger partial charge >= 0.3 is 0 Å². The SMILES string of the molecule is CCOCCCNC(=S)NC1CN2CCC1CC2. The third-order valence-electron chi connectivity index (χ3n) is 3.93. The van der Waals surface area contributed by atoms with Crippen LogP contribution in [0.2, 0.25) is 0 Å². The number of thiocarbonyl (C=S) groups is 1. The van der Waals surface area contributed by atoms with E-state index in [0.29, 0.717) is 6.04 Å². The van der Waals surface area contributed by atoms with Crippen LogP contribution in [-0.4, -0.2) is 55.4 Å². The van der Waals surface area contributed by atoms with Gasteiger partial charge in [-0.2, -0.15) is 0 Å². The van der Waals surface area contributed by atoms with Gasteiger partial charge < -0.3 is 20.3 Å². The maximum atomic E-state index is 5.35. The smallest absolute Gasteiger partial charge is 0.166 e. The highest BCUT2D eigenvalue weighted by Crippen LogP contribution is 2.27. The minimum Gasteiger partial charge on any atom is -0.382 e. The second-order valence-electron chi connectivity index (χ2n) is 5.20. The second-order valence-corrected chi connectivity index (χ2v) is 5.60. The Kier molecular flexibility index (Phi) is 5.66. The summed E-state index contributed by atoms with van der Waals surface area (Å²) in [7, 11) is 0. The average Bonchev–Trinajstić information content (AvgIpc) is 2.40. The minimum absolute atomic E-state index is 0.555. The Morgan fingerprint density at radius 2 is 2.17 bits per heavy atom. The van der Waals surface area contributed by atoms with Crippen LogP contribution in [0, 0.1) is 5.92 Å². The first-order chi connectivity index (χ1) is 8.79. The van der Waals surface area contributed by atoms with Crippen molar-refractivity contribution in [2.45, 2.75) is 32.2 Å². The van der Waals surface area contributed by atoms with Gasteiger partial charge in [0.25, 0.3) is 0 Å². The molecule has 2 bridgehead atoms. The molecule has 3 aliphatic rings. The summed E-state index contributed by atoms with van der Waals surface area (Å²) in [6.07, 6.45) is 3.66.